The Labute approximate surface area is 162 Å². The van der Waals surface area contributed by atoms with Crippen molar-refractivity contribution in [2.24, 2.45) is 0 Å². The molecular formula is C23H30N2O2. The molecule has 0 unspecified atom stereocenters. The van der Waals surface area contributed by atoms with Crippen LogP contribution in [0.3, 0.4) is 0 Å². The number of ether oxygens (including phenoxy) is 1. The van der Waals surface area contributed by atoms with Crippen molar-refractivity contribution < 1.29 is 9.53 Å². The monoisotopic (exact) mass is 366 g/mol. The Morgan fingerprint density at radius 3 is 2.48 bits per heavy atom. The smallest absolute Gasteiger partial charge is 0.261 e. The molecule has 27 heavy (non-hydrogen) atoms. The average molecular weight is 367 g/mol. The van der Waals surface area contributed by atoms with Crippen LogP contribution in [-0.4, -0.2) is 25.1 Å². The van der Waals surface area contributed by atoms with Crippen LogP contribution >= 0.6 is 0 Å². The summed E-state index contributed by atoms with van der Waals surface area (Å²) in [4.78, 5) is 15.0. The predicted octanol–water partition coefficient (Wildman–Crippen LogP) is 4.38. The Morgan fingerprint density at radius 1 is 1.11 bits per heavy atom. The fourth-order valence-corrected chi connectivity index (χ4v) is 3.43. The van der Waals surface area contributed by atoms with E-state index < -0.39 is 6.10 Å². The number of nitrogens with zero attached hydrogens (tertiary/aromatic N) is 1. The highest BCUT2D eigenvalue weighted by Crippen LogP contribution is 2.23. The lowest BCUT2D eigenvalue weighted by atomic mass is 10.1. The molecule has 1 aliphatic heterocycles. The maximum absolute atomic E-state index is 12.6. The van der Waals surface area contributed by atoms with Crippen molar-refractivity contribution in [3.05, 3.63) is 59.2 Å². The maximum atomic E-state index is 12.6. The number of benzene rings is 2. The molecule has 1 aliphatic rings. The van der Waals surface area contributed by atoms with Crippen molar-refractivity contribution in [1.29, 1.82) is 0 Å². The van der Waals surface area contributed by atoms with E-state index in [0.29, 0.717) is 13.0 Å². The molecule has 144 valence electrons. The van der Waals surface area contributed by atoms with Gasteiger partial charge in [-0.3, -0.25) is 4.79 Å². The van der Waals surface area contributed by atoms with E-state index in [1.54, 1.807) is 0 Å². The van der Waals surface area contributed by atoms with Crippen LogP contribution in [0.1, 0.15) is 42.9 Å². The molecule has 3 rings (SSSR count). The zero-order valence-electron chi connectivity index (χ0n) is 16.6. The number of carbonyl (C=O) groups is 1. The zero-order valence-corrected chi connectivity index (χ0v) is 16.6. The molecule has 4 nitrogen and oxygen atoms in total. The summed E-state index contributed by atoms with van der Waals surface area (Å²) in [6.07, 6.45) is 2.70. The first-order valence-electron chi connectivity index (χ1n) is 9.93. The summed E-state index contributed by atoms with van der Waals surface area (Å²) < 4.78 is 5.99. The Hall–Kier alpha value is -2.49. The third-order valence-electron chi connectivity index (χ3n) is 5.36. The zero-order chi connectivity index (χ0) is 19.2. The molecular weight excluding hydrogens is 336 g/mol. The van der Waals surface area contributed by atoms with E-state index in [9.17, 15) is 4.79 Å². The SMILES string of the molecule is CC[C@H](Oc1cccc(C)c1C)C(=O)NCc1ccc(N2CCCC2)cc1. The summed E-state index contributed by atoms with van der Waals surface area (Å²) in [5.74, 6) is 0.717. The first-order valence-corrected chi connectivity index (χ1v) is 9.93. The van der Waals surface area contributed by atoms with Gasteiger partial charge in [-0.1, -0.05) is 31.2 Å². The van der Waals surface area contributed by atoms with E-state index in [2.05, 4.69) is 47.5 Å². The largest absolute Gasteiger partial charge is 0.480 e. The molecule has 2 aromatic carbocycles. The highest BCUT2D eigenvalue weighted by atomic mass is 16.5. The lowest BCUT2D eigenvalue weighted by molar-refractivity contribution is -0.128. The molecule has 1 amide bonds. The highest BCUT2D eigenvalue weighted by molar-refractivity contribution is 5.81. The molecule has 4 heteroatoms. The fourth-order valence-electron chi connectivity index (χ4n) is 3.43. The van der Waals surface area contributed by atoms with Gasteiger partial charge in [0.05, 0.1) is 0 Å². The van der Waals surface area contributed by atoms with Crippen LogP contribution in [0.5, 0.6) is 5.75 Å². The molecule has 0 aromatic heterocycles. The quantitative estimate of drug-likeness (QED) is 0.791. The number of rotatable bonds is 7. The van der Waals surface area contributed by atoms with Gasteiger partial charge in [0.15, 0.2) is 6.10 Å². The first-order chi connectivity index (χ1) is 13.1. The van der Waals surface area contributed by atoms with Gasteiger partial charge < -0.3 is 15.0 Å². The van der Waals surface area contributed by atoms with Gasteiger partial charge in [0.25, 0.3) is 5.91 Å². The van der Waals surface area contributed by atoms with Gasteiger partial charge in [0.2, 0.25) is 0 Å². The van der Waals surface area contributed by atoms with Crippen molar-refractivity contribution in [3.63, 3.8) is 0 Å². The van der Waals surface area contributed by atoms with Gasteiger partial charge in [-0.25, -0.2) is 0 Å². The second-order valence-corrected chi connectivity index (χ2v) is 7.29. The lowest BCUT2D eigenvalue weighted by Crippen LogP contribution is -2.37. The number of hydrogen-bond acceptors (Lipinski definition) is 3. The van der Waals surface area contributed by atoms with Crippen LogP contribution in [0.15, 0.2) is 42.5 Å². The molecule has 1 atom stereocenters. The molecule has 1 saturated heterocycles. The van der Waals surface area contributed by atoms with E-state index in [1.807, 2.05) is 26.0 Å². The topological polar surface area (TPSA) is 41.6 Å². The molecule has 1 N–H and O–H groups in total. The van der Waals surface area contributed by atoms with Crippen molar-refractivity contribution in [2.45, 2.75) is 52.7 Å². The summed E-state index contributed by atoms with van der Waals surface area (Å²) in [6, 6.07) is 14.4. The Morgan fingerprint density at radius 2 is 1.81 bits per heavy atom. The van der Waals surface area contributed by atoms with Gasteiger partial charge in [-0.15, -0.1) is 0 Å². The van der Waals surface area contributed by atoms with Crippen molar-refractivity contribution in [1.82, 2.24) is 5.32 Å². The normalized spacial score (nSPS) is 14.9. The van der Waals surface area contributed by atoms with Gasteiger partial charge in [-0.2, -0.15) is 0 Å². The number of nitrogens with one attached hydrogen (secondary N) is 1. The molecule has 0 bridgehead atoms. The number of aryl methyl sites for hydroxylation is 1. The van der Waals surface area contributed by atoms with Crippen LogP contribution in [0.4, 0.5) is 5.69 Å². The van der Waals surface area contributed by atoms with E-state index in [-0.39, 0.29) is 5.91 Å². The summed E-state index contributed by atoms with van der Waals surface area (Å²) in [5, 5.41) is 3.02. The second kappa shape index (κ2) is 8.94. The van der Waals surface area contributed by atoms with Gasteiger partial charge in [0.1, 0.15) is 5.75 Å². The Kier molecular flexibility index (Phi) is 6.38. The third kappa shape index (κ3) is 4.82. The fraction of sp³-hybridized carbons (Fsp3) is 0.435. The minimum Gasteiger partial charge on any atom is -0.480 e. The molecule has 0 aliphatic carbocycles. The highest BCUT2D eigenvalue weighted by Gasteiger charge is 2.19. The second-order valence-electron chi connectivity index (χ2n) is 7.29. The van der Waals surface area contributed by atoms with Crippen LogP contribution < -0.4 is 15.0 Å². The van der Waals surface area contributed by atoms with Gasteiger partial charge in [0, 0.05) is 25.3 Å². The molecule has 0 saturated carbocycles. The molecule has 1 fully saturated rings. The first kappa shape index (κ1) is 19.3. The van der Waals surface area contributed by atoms with E-state index >= 15 is 0 Å². The molecule has 1 heterocycles. The molecule has 0 radical (unpaired) electrons. The van der Waals surface area contributed by atoms with E-state index in [4.69, 9.17) is 4.74 Å². The standard InChI is InChI=1S/C23H30N2O2/c1-4-21(27-22-9-7-8-17(2)18(22)3)23(26)24-16-19-10-12-20(13-11-19)25-14-5-6-15-25/h7-13,21H,4-6,14-16H2,1-3H3,(H,24,26)/t21-/m0/s1. The van der Waals surface area contributed by atoms with Crippen LogP contribution in [0.25, 0.3) is 0 Å². The summed E-state index contributed by atoms with van der Waals surface area (Å²) in [6.45, 7) is 8.85. The number of hydrogen-bond donors (Lipinski definition) is 1. The Balaban J connectivity index is 1.56. The van der Waals surface area contributed by atoms with Crippen LogP contribution in [-0.2, 0) is 11.3 Å². The number of carbonyl (C=O) groups excluding carboxylic acids is 1. The van der Waals surface area contributed by atoms with Crippen LogP contribution in [0.2, 0.25) is 0 Å². The van der Waals surface area contributed by atoms with Crippen molar-refractivity contribution in [3.8, 4) is 5.75 Å². The maximum Gasteiger partial charge on any atom is 0.261 e. The summed E-state index contributed by atoms with van der Waals surface area (Å²) in [7, 11) is 0. The van der Waals surface area contributed by atoms with Crippen molar-refractivity contribution >= 4 is 11.6 Å². The summed E-state index contributed by atoms with van der Waals surface area (Å²) in [5.41, 5.74) is 4.63. The number of anilines is 1. The molecule has 2 aromatic rings. The lowest BCUT2D eigenvalue weighted by Gasteiger charge is -2.20. The number of amides is 1. The minimum absolute atomic E-state index is 0.0676. The van der Waals surface area contributed by atoms with Crippen molar-refractivity contribution in [2.75, 3.05) is 18.0 Å². The predicted molar refractivity (Wildman–Crippen MR) is 110 cm³/mol. The Bertz CT molecular complexity index is 764. The van der Waals surface area contributed by atoms with Crippen LogP contribution in [0, 0.1) is 13.8 Å². The average Bonchev–Trinajstić information content (AvgIpc) is 3.22. The molecule has 0 spiro atoms. The van der Waals surface area contributed by atoms with E-state index in [1.165, 1.54) is 24.1 Å². The van der Waals surface area contributed by atoms with Gasteiger partial charge in [-0.05, 0) is 68.0 Å². The van der Waals surface area contributed by atoms with Gasteiger partial charge >= 0.3 is 0 Å². The summed E-state index contributed by atoms with van der Waals surface area (Å²) >= 11 is 0. The third-order valence-corrected chi connectivity index (χ3v) is 5.36. The minimum atomic E-state index is -0.477. The van der Waals surface area contributed by atoms with E-state index in [0.717, 1.165) is 30.0 Å².